The molecule has 0 saturated heterocycles. The third kappa shape index (κ3) is 6.06. The second-order valence-corrected chi connectivity index (χ2v) is 6.39. The van der Waals surface area contributed by atoms with Gasteiger partial charge in [0.15, 0.2) is 0 Å². The summed E-state index contributed by atoms with van der Waals surface area (Å²) in [5.41, 5.74) is 1.33. The van der Waals surface area contributed by atoms with Crippen LogP contribution in [-0.2, 0) is 6.54 Å². The average Bonchev–Trinajstić information content (AvgIpc) is 2.67. The van der Waals surface area contributed by atoms with Gasteiger partial charge in [-0.3, -0.25) is 4.90 Å². The van der Waals surface area contributed by atoms with Crippen LogP contribution in [0.4, 0.5) is 0 Å². The monoisotopic (exact) mass is 290 g/mol. The summed E-state index contributed by atoms with van der Waals surface area (Å²) < 4.78 is 5.81. The lowest BCUT2D eigenvalue weighted by molar-refractivity contribution is 0.222. The van der Waals surface area contributed by atoms with Crippen molar-refractivity contribution in [2.75, 3.05) is 32.8 Å². The van der Waals surface area contributed by atoms with E-state index in [1.807, 2.05) is 0 Å². The zero-order valence-corrected chi connectivity index (χ0v) is 13.6. The van der Waals surface area contributed by atoms with Crippen LogP contribution in [0.3, 0.4) is 0 Å². The van der Waals surface area contributed by atoms with E-state index < -0.39 is 0 Å². The zero-order valence-electron chi connectivity index (χ0n) is 13.6. The maximum Gasteiger partial charge on any atom is 0.123 e. The minimum Gasteiger partial charge on any atom is -0.492 e. The number of ether oxygens (including phenoxy) is 1. The Hall–Kier alpha value is -1.06. The van der Waals surface area contributed by atoms with Crippen LogP contribution in [0.25, 0.3) is 0 Å². The van der Waals surface area contributed by atoms with Crippen LogP contribution in [0.15, 0.2) is 24.3 Å². The second kappa shape index (κ2) is 9.06. The van der Waals surface area contributed by atoms with Crippen molar-refractivity contribution in [3.05, 3.63) is 29.8 Å². The van der Waals surface area contributed by atoms with Crippen LogP contribution in [0.5, 0.6) is 5.75 Å². The highest BCUT2D eigenvalue weighted by atomic mass is 16.5. The van der Waals surface area contributed by atoms with Gasteiger partial charge in [-0.05, 0) is 44.5 Å². The molecule has 2 rings (SSSR count). The van der Waals surface area contributed by atoms with Gasteiger partial charge >= 0.3 is 0 Å². The van der Waals surface area contributed by atoms with Gasteiger partial charge in [0.2, 0.25) is 0 Å². The predicted octanol–water partition coefficient (Wildman–Crippen LogP) is 3.30. The van der Waals surface area contributed by atoms with Crippen molar-refractivity contribution in [2.45, 2.75) is 39.7 Å². The Morgan fingerprint density at radius 1 is 1.19 bits per heavy atom. The summed E-state index contributed by atoms with van der Waals surface area (Å²) in [6.07, 6.45) is 3.88. The highest BCUT2D eigenvalue weighted by molar-refractivity contribution is 5.33. The van der Waals surface area contributed by atoms with E-state index in [1.54, 1.807) is 0 Å². The Bertz CT molecular complexity index is 406. The lowest BCUT2D eigenvalue weighted by atomic mass is 10.1. The van der Waals surface area contributed by atoms with Crippen LogP contribution < -0.4 is 10.1 Å². The van der Waals surface area contributed by atoms with Gasteiger partial charge < -0.3 is 10.1 Å². The Labute approximate surface area is 129 Å². The topological polar surface area (TPSA) is 24.5 Å². The van der Waals surface area contributed by atoms with Gasteiger partial charge in [-0.25, -0.2) is 0 Å². The first-order valence-corrected chi connectivity index (χ1v) is 8.39. The molecule has 0 saturated carbocycles. The first kappa shape index (κ1) is 16.3. The van der Waals surface area contributed by atoms with Crippen molar-refractivity contribution in [1.29, 1.82) is 0 Å². The van der Waals surface area contributed by atoms with Gasteiger partial charge in [0.25, 0.3) is 0 Å². The predicted molar refractivity (Wildman–Crippen MR) is 88.8 cm³/mol. The number of nitrogens with zero attached hydrogens (tertiary/aromatic N) is 1. The fourth-order valence-electron chi connectivity index (χ4n) is 2.72. The Morgan fingerprint density at radius 3 is 2.90 bits per heavy atom. The van der Waals surface area contributed by atoms with E-state index in [0.717, 1.165) is 44.5 Å². The maximum atomic E-state index is 5.81. The molecule has 1 aliphatic rings. The molecule has 1 aromatic carbocycles. The van der Waals surface area contributed by atoms with Gasteiger partial charge in [0.1, 0.15) is 12.4 Å². The van der Waals surface area contributed by atoms with Crippen molar-refractivity contribution < 1.29 is 4.74 Å². The maximum absolute atomic E-state index is 5.81. The number of benzene rings is 1. The summed E-state index contributed by atoms with van der Waals surface area (Å²) in [7, 11) is 0. The quantitative estimate of drug-likeness (QED) is 0.744. The fourth-order valence-corrected chi connectivity index (χ4v) is 2.72. The van der Waals surface area contributed by atoms with Crippen LogP contribution in [0.2, 0.25) is 0 Å². The molecule has 0 fully saturated rings. The van der Waals surface area contributed by atoms with Gasteiger partial charge in [-0.2, -0.15) is 0 Å². The molecule has 1 aliphatic heterocycles. The lowest BCUT2D eigenvalue weighted by Crippen LogP contribution is -2.27. The Morgan fingerprint density at radius 2 is 2.05 bits per heavy atom. The SMILES string of the molecule is CC(C)CNCCCCCN1CCOc2ccccc2C1. The van der Waals surface area contributed by atoms with Crippen LogP contribution >= 0.6 is 0 Å². The first-order chi connectivity index (χ1) is 10.3. The number of hydrogen-bond donors (Lipinski definition) is 1. The zero-order chi connectivity index (χ0) is 14.9. The molecule has 0 spiro atoms. The minimum atomic E-state index is 0.752. The molecule has 21 heavy (non-hydrogen) atoms. The summed E-state index contributed by atoms with van der Waals surface area (Å²) in [6.45, 7) is 10.9. The molecule has 0 bridgehead atoms. The van der Waals surface area contributed by atoms with E-state index in [2.05, 4.69) is 48.3 Å². The van der Waals surface area contributed by atoms with E-state index in [1.165, 1.54) is 31.4 Å². The lowest BCUT2D eigenvalue weighted by Gasteiger charge is -2.19. The smallest absolute Gasteiger partial charge is 0.123 e. The van der Waals surface area contributed by atoms with Crippen molar-refractivity contribution in [3.8, 4) is 5.75 Å². The third-order valence-electron chi connectivity index (χ3n) is 3.91. The summed E-state index contributed by atoms with van der Waals surface area (Å²) in [4.78, 5) is 2.52. The summed E-state index contributed by atoms with van der Waals surface area (Å²) in [5, 5.41) is 3.51. The van der Waals surface area contributed by atoms with Crippen molar-refractivity contribution >= 4 is 0 Å². The summed E-state index contributed by atoms with van der Waals surface area (Å²) in [6, 6.07) is 8.42. The summed E-state index contributed by atoms with van der Waals surface area (Å²) >= 11 is 0. The standard InChI is InChI=1S/C18H30N2O/c1-16(2)14-19-10-6-3-7-11-20-12-13-21-18-9-5-4-8-17(18)15-20/h4-5,8-9,16,19H,3,6-7,10-15H2,1-2H3. The number of rotatable bonds is 8. The molecule has 0 unspecified atom stereocenters. The molecule has 3 heteroatoms. The molecule has 0 radical (unpaired) electrons. The van der Waals surface area contributed by atoms with Gasteiger partial charge in [-0.1, -0.05) is 38.5 Å². The molecular formula is C18H30N2O. The van der Waals surface area contributed by atoms with Gasteiger partial charge in [0, 0.05) is 18.7 Å². The van der Waals surface area contributed by atoms with Crippen molar-refractivity contribution in [3.63, 3.8) is 0 Å². The third-order valence-corrected chi connectivity index (χ3v) is 3.91. The van der Waals surface area contributed by atoms with Crippen molar-refractivity contribution in [1.82, 2.24) is 10.2 Å². The molecule has 0 aromatic heterocycles. The van der Waals surface area contributed by atoms with Gasteiger partial charge in [0.05, 0.1) is 0 Å². The van der Waals surface area contributed by atoms with E-state index in [9.17, 15) is 0 Å². The number of unbranched alkanes of at least 4 members (excludes halogenated alkanes) is 2. The average molecular weight is 290 g/mol. The molecule has 0 atom stereocenters. The molecule has 1 aromatic rings. The molecular weight excluding hydrogens is 260 g/mol. The normalized spacial score (nSPS) is 15.6. The fraction of sp³-hybridized carbons (Fsp3) is 0.667. The largest absolute Gasteiger partial charge is 0.492 e. The highest BCUT2D eigenvalue weighted by Gasteiger charge is 2.13. The van der Waals surface area contributed by atoms with Gasteiger partial charge in [-0.15, -0.1) is 0 Å². The minimum absolute atomic E-state index is 0.752. The number of para-hydroxylation sites is 1. The highest BCUT2D eigenvalue weighted by Crippen LogP contribution is 2.22. The molecule has 0 amide bonds. The Balaban J connectivity index is 1.61. The molecule has 1 heterocycles. The van der Waals surface area contributed by atoms with E-state index in [4.69, 9.17) is 4.74 Å². The van der Waals surface area contributed by atoms with Crippen LogP contribution in [-0.4, -0.2) is 37.7 Å². The second-order valence-electron chi connectivity index (χ2n) is 6.39. The molecule has 3 nitrogen and oxygen atoms in total. The van der Waals surface area contributed by atoms with Crippen LogP contribution in [0, 0.1) is 5.92 Å². The van der Waals surface area contributed by atoms with E-state index in [0.29, 0.717) is 0 Å². The van der Waals surface area contributed by atoms with Crippen LogP contribution in [0.1, 0.15) is 38.7 Å². The number of fused-ring (bicyclic) bond motifs is 1. The molecule has 0 aliphatic carbocycles. The van der Waals surface area contributed by atoms with E-state index in [-0.39, 0.29) is 0 Å². The molecule has 1 N–H and O–H groups in total. The first-order valence-electron chi connectivity index (χ1n) is 8.39. The number of hydrogen-bond acceptors (Lipinski definition) is 3. The van der Waals surface area contributed by atoms with Crippen molar-refractivity contribution in [2.24, 2.45) is 5.92 Å². The Kier molecular flexibility index (Phi) is 7.04. The number of nitrogens with one attached hydrogen (secondary N) is 1. The summed E-state index contributed by atoms with van der Waals surface area (Å²) in [5.74, 6) is 1.82. The van der Waals surface area contributed by atoms with E-state index >= 15 is 0 Å². The molecule has 118 valence electrons.